The fourth-order valence-electron chi connectivity index (χ4n) is 3.79. The highest BCUT2D eigenvalue weighted by atomic mass is 15.3. The maximum atomic E-state index is 6.19. The summed E-state index contributed by atoms with van der Waals surface area (Å²) >= 11 is 0. The normalized spacial score (nSPS) is 33.4. The van der Waals surface area contributed by atoms with Gasteiger partial charge in [-0.15, -0.1) is 0 Å². The van der Waals surface area contributed by atoms with E-state index in [0.717, 1.165) is 6.54 Å². The third-order valence-corrected chi connectivity index (χ3v) is 5.36. The van der Waals surface area contributed by atoms with Crippen LogP contribution in [-0.4, -0.2) is 29.6 Å². The molecule has 2 unspecified atom stereocenters. The van der Waals surface area contributed by atoms with Crippen molar-refractivity contribution >= 4 is 0 Å². The van der Waals surface area contributed by atoms with Crippen molar-refractivity contribution in [3.05, 3.63) is 0 Å². The Morgan fingerprint density at radius 3 is 2.18 bits per heavy atom. The van der Waals surface area contributed by atoms with Gasteiger partial charge in [0, 0.05) is 17.6 Å². The van der Waals surface area contributed by atoms with Crippen LogP contribution in [0.25, 0.3) is 0 Å². The van der Waals surface area contributed by atoms with E-state index in [4.69, 9.17) is 5.73 Å². The van der Waals surface area contributed by atoms with E-state index in [1.807, 2.05) is 0 Å². The van der Waals surface area contributed by atoms with E-state index in [2.05, 4.69) is 53.5 Å². The van der Waals surface area contributed by atoms with Crippen LogP contribution in [0.2, 0.25) is 0 Å². The Kier molecular flexibility index (Phi) is 4.01. The summed E-state index contributed by atoms with van der Waals surface area (Å²) < 4.78 is 0. The third kappa shape index (κ3) is 2.53. The monoisotopic (exact) mass is 240 g/mol. The highest BCUT2D eigenvalue weighted by Gasteiger charge is 2.52. The Morgan fingerprint density at radius 2 is 1.88 bits per heavy atom. The summed E-state index contributed by atoms with van der Waals surface area (Å²) in [6.45, 7) is 14.9. The molecule has 0 saturated heterocycles. The molecule has 17 heavy (non-hydrogen) atoms. The van der Waals surface area contributed by atoms with Gasteiger partial charge in [0.15, 0.2) is 0 Å². The minimum absolute atomic E-state index is 0.184. The Labute approximate surface area is 108 Å². The van der Waals surface area contributed by atoms with Crippen LogP contribution in [0, 0.1) is 11.3 Å². The van der Waals surface area contributed by atoms with E-state index >= 15 is 0 Å². The van der Waals surface area contributed by atoms with Gasteiger partial charge in [0.2, 0.25) is 0 Å². The molecule has 0 bridgehead atoms. The van der Waals surface area contributed by atoms with Crippen molar-refractivity contribution in [3.8, 4) is 0 Å². The molecule has 102 valence electrons. The van der Waals surface area contributed by atoms with E-state index in [1.165, 1.54) is 19.3 Å². The molecule has 0 aromatic heterocycles. The van der Waals surface area contributed by atoms with Crippen molar-refractivity contribution in [2.45, 2.75) is 71.9 Å². The molecule has 0 aromatic rings. The van der Waals surface area contributed by atoms with Crippen LogP contribution in [-0.2, 0) is 0 Å². The van der Waals surface area contributed by atoms with E-state index < -0.39 is 0 Å². The fraction of sp³-hybridized carbons (Fsp3) is 1.00. The maximum Gasteiger partial charge on any atom is 0.0364 e. The van der Waals surface area contributed by atoms with Crippen LogP contribution in [0.1, 0.15) is 60.8 Å². The number of nitrogens with two attached hydrogens (primary N) is 1. The molecule has 0 aromatic carbocycles. The largest absolute Gasteiger partial charge is 0.329 e. The molecule has 0 radical (unpaired) electrons. The second-order valence-electron chi connectivity index (χ2n) is 7.48. The lowest BCUT2D eigenvalue weighted by molar-refractivity contribution is -0.00115. The number of hydrogen-bond donors (Lipinski definition) is 1. The average Bonchev–Trinajstić information content (AvgIpc) is 2.47. The summed E-state index contributed by atoms with van der Waals surface area (Å²) in [6, 6.07) is 0. The van der Waals surface area contributed by atoms with E-state index in [9.17, 15) is 0 Å². The van der Waals surface area contributed by atoms with Crippen LogP contribution in [0.5, 0.6) is 0 Å². The predicted molar refractivity (Wildman–Crippen MR) is 76.1 cm³/mol. The molecule has 2 atom stereocenters. The molecule has 1 aliphatic rings. The summed E-state index contributed by atoms with van der Waals surface area (Å²) in [5.41, 5.74) is 7.03. The first-order valence-electron chi connectivity index (χ1n) is 7.05. The van der Waals surface area contributed by atoms with E-state index in [1.54, 1.807) is 0 Å². The van der Waals surface area contributed by atoms with Crippen molar-refractivity contribution in [2.75, 3.05) is 13.6 Å². The van der Waals surface area contributed by atoms with Gasteiger partial charge in [-0.05, 0) is 51.5 Å². The van der Waals surface area contributed by atoms with Crippen molar-refractivity contribution in [2.24, 2.45) is 17.1 Å². The topological polar surface area (TPSA) is 29.3 Å². The highest BCUT2D eigenvalue weighted by Crippen LogP contribution is 2.51. The van der Waals surface area contributed by atoms with Gasteiger partial charge in [0.05, 0.1) is 0 Å². The van der Waals surface area contributed by atoms with Gasteiger partial charge in [-0.2, -0.15) is 0 Å². The smallest absolute Gasteiger partial charge is 0.0364 e. The first-order chi connectivity index (χ1) is 7.61. The molecule has 1 saturated carbocycles. The Bertz CT molecular complexity index is 270. The number of hydrogen-bond acceptors (Lipinski definition) is 2. The Hall–Kier alpha value is -0.0800. The first-order valence-corrected chi connectivity index (χ1v) is 7.05. The minimum atomic E-state index is 0.184. The lowest BCUT2D eigenvalue weighted by Crippen LogP contribution is -2.61. The molecule has 0 amide bonds. The maximum absolute atomic E-state index is 6.19. The quantitative estimate of drug-likeness (QED) is 0.817. The van der Waals surface area contributed by atoms with Crippen LogP contribution in [0.3, 0.4) is 0 Å². The SMILES string of the molecule is CCC(C)(C)N(C)C1(CN)CC(C)(C)CC1C. The average molecular weight is 240 g/mol. The van der Waals surface area contributed by atoms with Crippen LogP contribution in [0.4, 0.5) is 0 Å². The zero-order valence-corrected chi connectivity index (χ0v) is 12.9. The van der Waals surface area contributed by atoms with Gasteiger partial charge in [-0.1, -0.05) is 27.7 Å². The van der Waals surface area contributed by atoms with E-state index in [0.29, 0.717) is 11.3 Å². The highest BCUT2D eigenvalue weighted by molar-refractivity contribution is 5.08. The summed E-state index contributed by atoms with van der Waals surface area (Å²) in [5.74, 6) is 0.679. The molecule has 0 aliphatic heterocycles. The first kappa shape index (κ1) is 15.0. The molecule has 0 heterocycles. The van der Waals surface area contributed by atoms with Gasteiger partial charge in [0.1, 0.15) is 0 Å². The van der Waals surface area contributed by atoms with Gasteiger partial charge < -0.3 is 5.73 Å². The predicted octanol–water partition coefficient (Wildman–Crippen LogP) is 3.26. The molecule has 1 rings (SSSR count). The molecular formula is C15H32N2. The summed E-state index contributed by atoms with van der Waals surface area (Å²) in [6.07, 6.45) is 3.67. The van der Waals surface area contributed by atoms with Crippen LogP contribution < -0.4 is 5.73 Å². The van der Waals surface area contributed by atoms with Crippen LogP contribution in [0.15, 0.2) is 0 Å². The van der Waals surface area contributed by atoms with Crippen LogP contribution >= 0.6 is 0 Å². The van der Waals surface area contributed by atoms with Crippen molar-refractivity contribution in [3.63, 3.8) is 0 Å². The van der Waals surface area contributed by atoms with Crippen molar-refractivity contribution < 1.29 is 0 Å². The lowest BCUT2D eigenvalue weighted by atomic mass is 9.81. The zero-order valence-electron chi connectivity index (χ0n) is 12.9. The lowest BCUT2D eigenvalue weighted by Gasteiger charge is -2.50. The Morgan fingerprint density at radius 1 is 1.35 bits per heavy atom. The fourth-order valence-corrected chi connectivity index (χ4v) is 3.79. The van der Waals surface area contributed by atoms with Crippen molar-refractivity contribution in [1.82, 2.24) is 4.90 Å². The zero-order chi connectivity index (χ0) is 13.5. The molecular weight excluding hydrogens is 208 g/mol. The van der Waals surface area contributed by atoms with Gasteiger partial charge >= 0.3 is 0 Å². The van der Waals surface area contributed by atoms with E-state index in [-0.39, 0.29) is 11.1 Å². The summed E-state index contributed by atoms with van der Waals surface area (Å²) in [5, 5.41) is 0. The summed E-state index contributed by atoms with van der Waals surface area (Å²) in [4.78, 5) is 2.57. The molecule has 2 heteroatoms. The molecule has 0 spiro atoms. The van der Waals surface area contributed by atoms with Crippen molar-refractivity contribution in [1.29, 1.82) is 0 Å². The minimum Gasteiger partial charge on any atom is -0.329 e. The number of rotatable bonds is 4. The second-order valence-corrected chi connectivity index (χ2v) is 7.48. The van der Waals surface area contributed by atoms with Gasteiger partial charge in [-0.3, -0.25) is 4.90 Å². The number of likely N-dealkylation sites (N-methyl/N-ethyl adjacent to an activating group) is 1. The van der Waals surface area contributed by atoms with Gasteiger partial charge in [-0.25, -0.2) is 0 Å². The van der Waals surface area contributed by atoms with Gasteiger partial charge in [0.25, 0.3) is 0 Å². The Balaban J connectivity index is 3.05. The molecule has 2 nitrogen and oxygen atoms in total. The molecule has 2 N–H and O–H groups in total. The molecule has 1 aliphatic carbocycles. The number of nitrogens with zero attached hydrogens (tertiary/aromatic N) is 1. The standard InChI is InChI=1S/C15H32N2/c1-8-14(5,6)17(7)15(11-16)10-13(3,4)9-12(15)2/h12H,8-11,16H2,1-7H3. The summed E-state index contributed by atoms with van der Waals surface area (Å²) in [7, 11) is 2.27. The third-order valence-electron chi connectivity index (χ3n) is 5.36. The second kappa shape index (κ2) is 4.55. The molecule has 1 fully saturated rings.